The van der Waals surface area contributed by atoms with Crippen LogP contribution in [0.1, 0.15) is 36.9 Å². The fourth-order valence-electron chi connectivity index (χ4n) is 3.05. The minimum absolute atomic E-state index is 0.0440. The molecule has 1 atom stereocenters. The van der Waals surface area contributed by atoms with E-state index in [1.807, 2.05) is 31.9 Å². The Hall–Kier alpha value is -0.970. The molecule has 23 heavy (non-hydrogen) atoms. The summed E-state index contributed by atoms with van der Waals surface area (Å²) in [5.41, 5.74) is 1.90. The van der Waals surface area contributed by atoms with E-state index in [0.717, 1.165) is 37.1 Å². The molecule has 1 aliphatic heterocycles. The maximum absolute atomic E-state index is 12.5. The third-order valence-corrected chi connectivity index (χ3v) is 5.64. The second-order valence-corrected chi connectivity index (χ2v) is 7.18. The van der Waals surface area contributed by atoms with Crippen LogP contribution < -0.4 is 5.32 Å². The Balaban J connectivity index is 2.01. The van der Waals surface area contributed by atoms with Gasteiger partial charge >= 0.3 is 6.03 Å². The first-order valence-corrected chi connectivity index (χ1v) is 8.73. The predicted octanol–water partition coefficient (Wildman–Crippen LogP) is 4.10. The molecule has 0 aliphatic carbocycles. The Kier molecular flexibility index (Phi) is 6.18. The van der Waals surface area contributed by atoms with E-state index in [2.05, 4.69) is 17.3 Å². The Morgan fingerprint density at radius 3 is 2.57 bits per heavy atom. The predicted molar refractivity (Wildman–Crippen MR) is 96.4 cm³/mol. The summed E-state index contributed by atoms with van der Waals surface area (Å²) in [7, 11) is 3.99. The molecule has 6 heteroatoms. The monoisotopic (exact) mass is 357 g/mol. The van der Waals surface area contributed by atoms with Crippen molar-refractivity contribution >= 4 is 29.2 Å². The number of amides is 2. The number of carbonyl (C=O) groups is 1. The number of likely N-dealkylation sites (tertiary alicyclic amines) is 1. The minimum atomic E-state index is -0.119. The van der Waals surface area contributed by atoms with Gasteiger partial charge in [0.15, 0.2) is 0 Å². The maximum atomic E-state index is 12.5. The topological polar surface area (TPSA) is 35.6 Å². The Labute approximate surface area is 148 Å². The van der Waals surface area contributed by atoms with Crippen molar-refractivity contribution in [1.29, 1.82) is 0 Å². The number of piperidine rings is 1. The summed E-state index contributed by atoms with van der Waals surface area (Å²) in [6, 6.07) is 3.83. The number of hydrogen-bond acceptors (Lipinski definition) is 2. The van der Waals surface area contributed by atoms with Crippen molar-refractivity contribution in [2.24, 2.45) is 0 Å². The number of halogens is 2. The van der Waals surface area contributed by atoms with Crippen LogP contribution in [0.2, 0.25) is 10.0 Å². The summed E-state index contributed by atoms with van der Waals surface area (Å²) in [4.78, 5) is 16.6. The SMILES string of the molecule is Cc1c(C(C)NC(=O)N(C)C2CCN(C)CC2)ccc(Cl)c1Cl. The first kappa shape index (κ1) is 18.4. The number of hydrogen-bond donors (Lipinski definition) is 1. The van der Waals surface area contributed by atoms with Crippen molar-refractivity contribution in [3.05, 3.63) is 33.3 Å². The first-order chi connectivity index (χ1) is 10.8. The lowest BCUT2D eigenvalue weighted by Crippen LogP contribution is -2.48. The lowest BCUT2D eigenvalue weighted by Gasteiger charge is -2.35. The van der Waals surface area contributed by atoms with Gasteiger partial charge in [-0.2, -0.15) is 0 Å². The summed E-state index contributed by atoms with van der Waals surface area (Å²) < 4.78 is 0. The number of nitrogens with zero attached hydrogens (tertiary/aromatic N) is 2. The molecule has 1 aliphatic rings. The van der Waals surface area contributed by atoms with Gasteiger partial charge in [-0.15, -0.1) is 0 Å². The molecule has 0 bridgehead atoms. The third-order valence-electron chi connectivity index (χ3n) is 4.74. The largest absolute Gasteiger partial charge is 0.331 e. The molecule has 2 rings (SSSR count). The summed E-state index contributed by atoms with van der Waals surface area (Å²) >= 11 is 12.2. The molecule has 1 aromatic rings. The molecule has 4 nitrogen and oxygen atoms in total. The summed E-state index contributed by atoms with van der Waals surface area (Å²) in [6.45, 7) is 5.95. The maximum Gasteiger partial charge on any atom is 0.317 e. The molecule has 0 spiro atoms. The van der Waals surface area contributed by atoms with Crippen molar-refractivity contribution in [1.82, 2.24) is 15.1 Å². The zero-order chi connectivity index (χ0) is 17.1. The molecule has 0 aromatic heterocycles. The van der Waals surface area contributed by atoms with Crippen molar-refractivity contribution in [2.45, 2.75) is 38.8 Å². The summed E-state index contributed by atoms with van der Waals surface area (Å²) in [6.07, 6.45) is 2.03. The fourth-order valence-corrected chi connectivity index (χ4v) is 3.43. The highest BCUT2D eigenvalue weighted by Gasteiger charge is 2.25. The van der Waals surface area contributed by atoms with Crippen LogP contribution in [0.3, 0.4) is 0 Å². The van der Waals surface area contributed by atoms with Crippen LogP contribution in [0.25, 0.3) is 0 Å². The zero-order valence-corrected chi connectivity index (χ0v) is 15.7. The van der Waals surface area contributed by atoms with Gasteiger partial charge in [-0.3, -0.25) is 0 Å². The van der Waals surface area contributed by atoms with Crippen molar-refractivity contribution in [3.8, 4) is 0 Å². The van der Waals surface area contributed by atoms with Gasteiger partial charge in [0.2, 0.25) is 0 Å². The summed E-state index contributed by atoms with van der Waals surface area (Å²) in [5.74, 6) is 0. The zero-order valence-electron chi connectivity index (χ0n) is 14.2. The number of nitrogens with one attached hydrogen (secondary N) is 1. The van der Waals surface area contributed by atoms with Crippen LogP contribution in [0.15, 0.2) is 12.1 Å². The van der Waals surface area contributed by atoms with Gasteiger partial charge in [0.1, 0.15) is 0 Å². The molecule has 1 fully saturated rings. The van der Waals surface area contributed by atoms with E-state index in [-0.39, 0.29) is 12.1 Å². The van der Waals surface area contributed by atoms with E-state index in [0.29, 0.717) is 16.1 Å². The van der Waals surface area contributed by atoms with Gasteiger partial charge in [-0.05, 0) is 64.0 Å². The van der Waals surface area contributed by atoms with Gasteiger partial charge in [0, 0.05) is 13.1 Å². The van der Waals surface area contributed by atoms with Gasteiger partial charge in [0.05, 0.1) is 16.1 Å². The van der Waals surface area contributed by atoms with E-state index in [4.69, 9.17) is 23.2 Å². The van der Waals surface area contributed by atoms with Crippen molar-refractivity contribution in [2.75, 3.05) is 27.2 Å². The van der Waals surface area contributed by atoms with Crippen LogP contribution >= 0.6 is 23.2 Å². The van der Waals surface area contributed by atoms with E-state index < -0.39 is 0 Å². The molecular formula is C17H25Cl2N3O. The standard InChI is InChI=1S/C17H25Cl2N3O/c1-11-14(5-6-15(18)16(11)19)12(2)20-17(23)22(4)13-7-9-21(3)10-8-13/h5-6,12-13H,7-10H2,1-4H3,(H,20,23). The molecule has 128 valence electrons. The average Bonchev–Trinajstić information content (AvgIpc) is 2.52. The molecular weight excluding hydrogens is 333 g/mol. The van der Waals surface area contributed by atoms with Crippen LogP contribution in [-0.4, -0.2) is 49.1 Å². The Morgan fingerprint density at radius 2 is 1.96 bits per heavy atom. The highest BCUT2D eigenvalue weighted by atomic mass is 35.5. The van der Waals surface area contributed by atoms with Gasteiger partial charge in [0.25, 0.3) is 0 Å². The second-order valence-electron chi connectivity index (χ2n) is 6.39. The molecule has 1 N–H and O–H groups in total. The molecule has 1 aromatic carbocycles. The Bertz CT molecular complexity index is 571. The molecule has 0 saturated carbocycles. The van der Waals surface area contributed by atoms with E-state index in [9.17, 15) is 4.79 Å². The molecule has 1 heterocycles. The number of urea groups is 1. The third kappa shape index (κ3) is 4.31. The average molecular weight is 358 g/mol. The summed E-state index contributed by atoms with van der Waals surface area (Å²) in [5, 5.41) is 4.15. The van der Waals surface area contributed by atoms with Gasteiger partial charge in [-0.1, -0.05) is 29.3 Å². The highest BCUT2D eigenvalue weighted by Crippen LogP contribution is 2.30. The molecule has 2 amide bonds. The molecule has 0 radical (unpaired) electrons. The number of carbonyl (C=O) groups excluding carboxylic acids is 1. The van der Waals surface area contributed by atoms with Crippen molar-refractivity contribution in [3.63, 3.8) is 0 Å². The van der Waals surface area contributed by atoms with Crippen LogP contribution in [0, 0.1) is 6.92 Å². The number of benzene rings is 1. The first-order valence-electron chi connectivity index (χ1n) is 7.97. The minimum Gasteiger partial charge on any atom is -0.331 e. The van der Waals surface area contributed by atoms with Gasteiger partial charge in [-0.25, -0.2) is 4.79 Å². The smallest absolute Gasteiger partial charge is 0.317 e. The van der Waals surface area contributed by atoms with Crippen LogP contribution in [0.4, 0.5) is 4.79 Å². The van der Waals surface area contributed by atoms with E-state index >= 15 is 0 Å². The number of rotatable bonds is 3. The van der Waals surface area contributed by atoms with Crippen LogP contribution in [-0.2, 0) is 0 Å². The fraction of sp³-hybridized carbons (Fsp3) is 0.588. The molecule has 1 saturated heterocycles. The lowest BCUT2D eigenvalue weighted by molar-refractivity contribution is 0.146. The van der Waals surface area contributed by atoms with E-state index in [1.54, 1.807) is 6.07 Å². The van der Waals surface area contributed by atoms with Crippen LogP contribution in [0.5, 0.6) is 0 Å². The Morgan fingerprint density at radius 1 is 1.35 bits per heavy atom. The second kappa shape index (κ2) is 7.73. The van der Waals surface area contributed by atoms with E-state index in [1.165, 1.54) is 0 Å². The quantitative estimate of drug-likeness (QED) is 0.883. The lowest BCUT2D eigenvalue weighted by atomic mass is 10.0. The normalized spacial score (nSPS) is 17.8. The molecule has 1 unspecified atom stereocenters. The van der Waals surface area contributed by atoms with Gasteiger partial charge < -0.3 is 15.1 Å². The van der Waals surface area contributed by atoms with Crippen molar-refractivity contribution < 1.29 is 4.79 Å². The highest BCUT2D eigenvalue weighted by molar-refractivity contribution is 6.42.